The van der Waals surface area contributed by atoms with Crippen molar-refractivity contribution >= 4 is 17.1 Å². The molecule has 0 atom stereocenters. The summed E-state index contributed by atoms with van der Waals surface area (Å²) < 4.78 is 1.41. The number of hydrogen-bond acceptors (Lipinski definition) is 3. The number of fused-ring (bicyclic) bond motifs is 1. The van der Waals surface area contributed by atoms with Crippen molar-refractivity contribution in [3.63, 3.8) is 0 Å². The van der Waals surface area contributed by atoms with Crippen LogP contribution >= 0.6 is 11.6 Å². The first-order chi connectivity index (χ1) is 9.19. The van der Waals surface area contributed by atoms with Crippen LogP contribution in [0, 0.1) is 11.3 Å². The molecule has 1 aromatic carbocycles. The lowest BCUT2D eigenvalue weighted by molar-refractivity contribution is 0.939. The van der Waals surface area contributed by atoms with Gasteiger partial charge in [0.2, 0.25) is 0 Å². The Bertz CT molecular complexity index is 872. The Morgan fingerprint density at radius 2 is 2.16 bits per heavy atom. The number of nitrogens with one attached hydrogen (secondary N) is 1. The van der Waals surface area contributed by atoms with Crippen LogP contribution in [0.1, 0.15) is 5.56 Å². The maximum Gasteiger partial charge on any atom is 0.274 e. The van der Waals surface area contributed by atoms with Gasteiger partial charge in [0.1, 0.15) is 5.52 Å². The lowest BCUT2D eigenvalue weighted by atomic mass is 10.1. The normalized spacial score (nSPS) is 10.5. The van der Waals surface area contributed by atoms with Gasteiger partial charge in [-0.3, -0.25) is 4.79 Å². The zero-order chi connectivity index (χ0) is 13.4. The summed E-state index contributed by atoms with van der Waals surface area (Å²) in [5.74, 6) is 0. The molecule has 0 unspecified atom stereocenters. The molecular weight excluding hydrogens is 264 g/mol. The molecule has 2 heterocycles. The Hall–Kier alpha value is -2.58. The topological polar surface area (TPSA) is 74.0 Å². The Kier molecular flexibility index (Phi) is 2.58. The van der Waals surface area contributed by atoms with Crippen molar-refractivity contribution in [1.82, 2.24) is 14.6 Å². The van der Waals surface area contributed by atoms with Crippen molar-refractivity contribution in [2.24, 2.45) is 0 Å². The van der Waals surface area contributed by atoms with Crippen LogP contribution in [0.2, 0.25) is 5.15 Å². The van der Waals surface area contributed by atoms with E-state index in [9.17, 15) is 4.79 Å². The van der Waals surface area contributed by atoms with Gasteiger partial charge in [-0.1, -0.05) is 29.8 Å². The molecule has 3 rings (SSSR count). The first-order valence-corrected chi connectivity index (χ1v) is 5.84. The second-order valence-electron chi connectivity index (χ2n) is 3.95. The Morgan fingerprint density at radius 3 is 2.95 bits per heavy atom. The fourth-order valence-electron chi connectivity index (χ4n) is 1.93. The summed E-state index contributed by atoms with van der Waals surface area (Å²) in [5.41, 5.74) is 1.72. The van der Waals surface area contributed by atoms with Gasteiger partial charge in [0.05, 0.1) is 23.5 Å². The molecule has 1 N–H and O–H groups in total. The first-order valence-electron chi connectivity index (χ1n) is 5.47. The van der Waals surface area contributed by atoms with Gasteiger partial charge in [0.25, 0.3) is 5.56 Å². The van der Waals surface area contributed by atoms with E-state index in [1.807, 2.05) is 0 Å². The molecular formula is C13H7ClN4O. The van der Waals surface area contributed by atoms with Crippen LogP contribution in [0.15, 0.2) is 41.3 Å². The molecule has 0 fully saturated rings. The summed E-state index contributed by atoms with van der Waals surface area (Å²) in [6.07, 6.45) is 1.64. The minimum Gasteiger partial charge on any atom is -0.319 e. The molecule has 0 aliphatic carbocycles. The Balaban J connectivity index is 2.32. The maximum absolute atomic E-state index is 11.9. The zero-order valence-electron chi connectivity index (χ0n) is 9.59. The third-order valence-corrected chi connectivity index (χ3v) is 2.96. The van der Waals surface area contributed by atoms with E-state index in [2.05, 4.69) is 16.2 Å². The first kappa shape index (κ1) is 11.5. The third kappa shape index (κ3) is 1.88. The molecule has 5 nitrogen and oxygen atoms in total. The molecule has 0 saturated heterocycles. The van der Waals surface area contributed by atoms with E-state index >= 15 is 0 Å². The maximum atomic E-state index is 11.9. The minimum atomic E-state index is -0.301. The van der Waals surface area contributed by atoms with Gasteiger partial charge in [-0.25, -0.2) is 4.52 Å². The van der Waals surface area contributed by atoms with E-state index in [0.29, 0.717) is 22.3 Å². The molecule has 0 aliphatic heterocycles. The highest BCUT2D eigenvalue weighted by Gasteiger charge is 2.09. The fraction of sp³-hybridized carbons (Fsp3) is 0. The summed E-state index contributed by atoms with van der Waals surface area (Å²) in [5, 5.41) is 13.3. The molecule has 0 spiro atoms. The van der Waals surface area contributed by atoms with Crippen molar-refractivity contribution in [3.05, 3.63) is 57.6 Å². The van der Waals surface area contributed by atoms with Crippen molar-refractivity contribution in [2.45, 2.75) is 0 Å². The summed E-state index contributed by atoms with van der Waals surface area (Å²) in [6, 6.07) is 10.6. The molecule has 3 aromatic rings. The largest absolute Gasteiger partial charge is 0.319 e. The number of benzene rings is 1. The lowest BCUT2D eigenvalue weighted by Crippen LogP contribution is -2.11. The van der Waals surface area contributed by atoms with E-state index in [0.717, 1.165) is 0 Å². The van der Waals surface area contributed by atoms with Crippen molar-refractivity contribution in [2.75, 3.05) is 0 Å². The van der Waals surface area contributed by atoms with Gasteiger partial charge < -0.3 is 4.98 Å². The van der Waals surface area contributed by atoms with Crippen LogP contribution in [0.25, 0.3) is 16.8 Å². The zero-order valence-corrected chi connectivity index (χ0v) is 10.3. The SMILES string of the molecule is N#Cc1ccccc1-c1cn2nc(Cl)cc2c(=O)[nH]1. The Labute approximate surface area is 112 Å². The fourth-order valence-corrected chi connectivity index (χ4v) is 2.11. The molecule has 2 aromatic heterocycles. The van der Waals surface area contributed by atoms with E-state index in [1.165, 1.54) is 10.6 Å². The third-order valence-electron chi connectivity index (χ3n) is 2.78. The predicted octanol–water partition coefficient (Wildman–Crippen LogP) is 2.21. The van der Waals surface area contributed by atoms with Crippen LogP contribution in [-0.4, -0.2) is 14.6 Å². The average molecular weight is 271 g/mol. The lowest BCUT2D eigenvalue weighted by Gasteiger charge is -2.04. The molecule has 0 aliphatic rings. The number of aromatic amines is 1. The molecule has 0 saturated carbocycles. The van der Waals surface area contributed by atoms with Crippen LogP contribution < -0.4 is 5.56 Å². The van der Waals surface area contributed by atoms with Gasteiger partial charge in [-0.15, -0.1) is 0 Å². The van der Waals surface area contributed by atoms with Gasteiger partial charge in [-0.05, 0) is 6.07 Å². The van der Waals surface area contributed by atoms with Crippen molar-refractivity contribution in [3.8, 4) is 17.3 Å². The number of halogens is 1. The number of hydrogen-bond donors (Lipinski definition) is 1. The molecule has 92 valence electrons. The van der Waals surface area contributed by atoms with E-state index in [4.69, 9.17) is 16.9 Å². The standard InChI is InChI=1S/C13H7ClN4O/c14-12-5-11-13(19)16-10(7-18(11)17-12)9-4-2-1-3-8(9)6-15/h1-5,7H,(H,16,19). The molecule has 0 amide bonds. The number of rotatable bonds is 1. The van der Waals surface area contributed by atoms with Gasteiger partial charge >= 0.3 is 0 Å². The van der Waals surface area contributed by atoms with E-state index in [-0.39, 0.29) is 10.7 Å². The number of nitrogens with zero attached hydrogens (tertiary/aromatic N) is 3. The molecule has 19 heavy (non-hydrogen) atoms. The van der Waals surface area contributed by atoms with Gasteiger partial charge in [0, 0.05) is 11.6 Å². The number of H-pyrrole nitrogens is 1. The van der Waals surface area contributed by atoms with Crippen molar-refractivity contribution in [1.29, 1.82) is 5.26 Å². The molecule has 0 radical (unpaired) electrons. The smallest absolute Gasteiger partial charge is 0.274 e. The average Bonchev–Trinajstić information content (AvgIpc) is 2.79. The minimum absolute atomic E-state index is 0.246. The van der Waals surface area contributed by atoms with Crippen molar-refractivity contribution < 1.29 is 0 Å². The number of aromatic nitrogens is 3. The highest BCUT2D eigenvalue weighted by molar-refractivity contribution is 6.29. The highest BCUT2D eigenvalue weighted by Crippen LogP contribution is 2.20. The monoisotopic (exact) mass is 270 g/mol. The summed E-state index contributed by atoms with van der Waals surface area (Å²) in [7, 11) is 0. The van der Waals surface area contributed by atoms with Crippen LogP contribution in [0.3, 0.4) is 0 Å². The van der Waals surface area contributed by atoms with Gasteiger partial charge in [0.15, 0.2) is 5.15 Å². The summed E-state index contributed by atoms with van der Waals surface area (Å²) in [4.78, 5) is 14.7. The summed E-state index contributed by atoms with van der Waals surface area (Å²) in [6.45, 7) is 0. The second kappa shape index (κ2) is 4.26. The van der Waals surface area contributed by atoms with E-state index in [1.54, 1.807) is 30.5 Å². The molecule has 0 bridgehead atoms. The quantitative estimate of drug-likeness (QED) is 0.737. The highest BCUT2D eigenvalue weighted by atomic mass is 35.5. The molecule has 6 heteroatoms. The van der Waals surface area contributed by atoms with Crippen LogP contribution in [-0.2, 0) is 0 Å². The summed E-state index contributed by atoms with van der Waals surface area (Å²) >= 11 is 5.77. The van der Waals surface area contributed by atoms with Crippen LogP contribution in [0.4, 0.5) is 0 Å². The van der Waals surface area contributed by atoms with Gasteiger partial charge in [-0.2, -0.15) is 10.4 Å². The Morgan fingerprint density at radius 1 is 1.37 bits per heavy atom. The predicted molar refractivity (Wildman–Crippen MR) is 71.0 cm³/mol. The van der Waals surface area contributed by atoms with Crippen LogP contribution in [0.5, 0.6) is 0 Å². The second-order valence-corrected chi connectivity index (χ2v) is 4.34. The van der Waals surface area contributed by atoms with E-state index < -0.39 is 0 Å². The number of nitriles is 1.